The third-order valence-corrected chi connectivity index (χ3v) is 4.12. The average Bonchev–Trinajstić information content (AvgIpc) is 3.06. The van der Waals surface area contributed by atoms with Gasteiger partial charge in [0.05, 0.1) is 17.6 Å². The van der Waals surface area contributed by atoms with Gasteiger partial charge in [0, 0.05) is 12.5 Å². The molecule has 0 saturated carbocycles. The number of nitrogens with one attached hydrogen (secondary N) is 2. The predicted octanol–water partition coefficient (Wildman–Crippen LogP) is 2.58. The third kappa shape index (κ3) is 5.30. The van der Waals surface area contributed by atoms with Gasteiger partial charge in [-0.25, -0.2) is 8.42 Å². The first kappa shape index (κ1) is 19.4. The number of aromatic nitrogens is 2. The fraction of sp³-hybridized carbons (Fsp3) is 0.167. The van der Waals surface area contributed by atoms with Crippen LogP contribution in [0.2, 0.25) is 0 Å². The van der Waals surface area contributed by atoms with E-state index in [0.717, 1.165) is 6.26 Å². The fourth-order valence-electron chi connectivity index (χ4n) is 2.33. The zero-order valence-electron chi connectivity index (χ0n) is 15.2. The number of sulfonamides is 1. The summed E-state index contributed by atoms with van der Waals surface area (Å²) >= 11 is 0. The van der Waals surface area contributed by atoms with Crippen LogP contribution in [0.15, 0.2) is 53.1 Å². The van der Waals surface area contributed by atoms with Crippen LogP contribution in [-0.2, 0) is 16.6 Å². The number of nitrogens with zero attached hydrogens (tertiary/aromatic N) is 2. The Balaban J connectivity index is 1.65. The maximum absolute atomic E-state index is 12.5. The highest BCUT2D eigenvalue weighted by atomic mass is 32.2. The van der Waals surface area contributed by atoms with Gasteiger partial charge in [-0.3, -0.25) is 9.52 Å². The van der Waals surface area contributed by atoms with Crippen molar-refractivity contribution in [1.29, 1.82) is 0 Å². The number of rotatable bonds is 7. The molecule has 0 saturated heterocycles. The molecule has 0 aliphatic heterocycles. The number of carbonyl (C=O) groups excluding carboxylic acids is 1. The molecule has 0 unspecified atom stereocenters. The van der Waals surface area contributed by atoms with Gasteiger partial charge in [-0.1, -0.05) is 17.3 Å². The zero-order valence-corrected chi connectivity index (χ0v) is 16.0. The molecule has 0 fully saturated rings. The number of carbonyl (C=O) groups is 1. The van der Waals surface area contributed by atoms with E-state index in [-0.39, 0.29) is 18.2 Å². The number of anilines is 2. The van der Waals surface area contributed by atoms with E-state index in [1.54, 1.807) is 55.5 Å². The standard InChI is InChI=1S/C18H18N4O5S/c1-12-19-17(21-27-12)11-26-14-9-7-13(8-10-14)18(23)20-15-5-3-4-6-16(15)22-28(2,24)25/h3-10,22H,11H2,1-2H3,(H,20,23). The first-order chi connectivity index (χ1) is 13.3. The monoisotopic (exact) mass is 402 g/mol. The van der Waals surface area contributed by atoms with Gasteiger partial charge < -0.3 is 14.6 Å². The van der Waals surface area contributed by atoms with E-state index in [2.05, 4.69) is 20.2 Å². The molecule has 0 aliphatic rings. The molecule has 1 aromatic heterocycles. The second-order valence-electron chi connectivity index (χ2n) is 5.92. The Bertz CT molecular complexity index is 1080. The van der Waals surface area contributed by atoms with E-state index in [1.807, 2.05) is 0 Å². The first-order valence-electron chi connectivity index (χ1n) is 8.20. The molecule has 0 aliphatic carbocycles. The number of ether oxygens (including phenoxy) is 1. The molecule has 0 bridgehead atoms. The number of amides is 1. The Morgan fingerprint density at radius 2 is 1.79 bits per heavy atom. The van der Waals surface area contributed by atoms with E-state index in [9.17, 15) is 13.2 Å². The third-order valence-electron chi connectivity index (χ3n) is 3.52. The predicted molar refractivity (Wildman–Crippen MR) is 103 cm³/mol. The van der Waals surface area contributed by atoms with Gasteiger partial charge in [-0.05, 0) is 36.4 Å². The summed E-state index contributed by atoms with van der Waals surface area (Å²) in [5.74, 6) is 1.03. The van der Waals surface area contributed by atoms with Crippen molar-refractivity contribution in [3.05, 3.63) is 65.8 Å². The van der Waals surface area contributed by atoms with Crippen molar-refractivity contribution in [2.75, 3.05) is 16.3 Å². The zero-order chi connectivity index (χ0) is 20.1. The normalized spacial score (nSPS) is 11.1. The van der Waals surface area contributed by atoms with Gasteiger partial charge in [0.15, 0.2) is 6.61 Å². The summed E-state index contributed by atoms with van der Waals surface area (Å²) in [4.78, 5) is 16.5. The lowest BCUT2D eigenvalue weighted by atomic mass is 10.2. The van der Waals surface area contributed by atoms with Gasteiger partial charge in [-0.15, -0.1) is 0 Å². The average molecular weight is 402 g/mol. The quantitative estimate of drug-likeness (QED) is 0.622. The summed E-state index contributed by atoms with van der Waals surface area (Å²) in [6.07, 6.45) is 1.04. The van der Waals surface area contributed by atoms with Crippen molar-refractivity contribution in [2.45, 2.75) is 13.5 Å². The van der Waals surface area contributed by atoms with Crippen LogP contribution in [0, 0.1) is 6.92 Å². The summed E-state index contributed by atoms with van der Waals surface area (Å²) in [6.45, 7) is 1.83. The van der Waals surface area contributed by atoms with Crippen LogP contribution in [-0.4, -0.2) is 30.7 Å². The summed E-state index contributed by atoms with van der Waals surface area (Å²) in [6, 6.07) is 13.0. The highest BCUT2D eigenvalue weighted by molar-refractivity contribution is 7.92. The molecule has 10 heteroatoms. The second-order valence-corrected chi connectivity index (χ2v) is 7.67. The molecule has 1 heterocycles. The van der Waals surface area contributed by atoms with E-state index < -0.39 is 10.0 Å². The molecular formula is C18H18N4O5S. The van der Waals surface area contributed by atoms with E-state index in [1.165, 1.54) is 0 Å². The number of hydrogen-bond acceptors (Lipinski definition) is 7. The molecule has 1 amide bonds. The Morgan fingerprint density at radius 1 is 1.11 bits per heavy atom. The lowest BCUT2D eigenvalue weighted by Gasteiger charge is -2.12. The van der Waals surface area contributed by atoms with Crippen molar-refractivity contribution in [2.24, 2.45) is 0 Å². The lowest BCUT2D eigenvalue weighted by Crippen LogP contribution is -2.16. The smallest absolute Gasteiger partial charge is 0.255 e. The largest absolute Gasteiger partial charge is 0.485 e. The van der Waals surface area contributed by atoms with Crippen LogP contribution in [0.25, 0.3) is 0 Å². The van der Waals surface area contributed by atoms with Crippen LogP contribution in [0.1, 0.15) is 22.1 Å². The molecule has 2 aromatic carbocycles. The molecular weight excluding hydrogens is 384 g/mol. The highest BCUT2D eigenvalue weighted by Gasteiger charge is 2.12. The van der Waals surface area contributed by atoms with E-state index in [4.69, 9.17) is 9.26 Å². The summed E-state index contributed by atoms with van der Waals surface area (Å²) in [5.41, 5.74) is 1.02. The highest BCUT2D eigenvalue weighted by Crippen LogP contribution is 2.23. The van der Waals surface area contributed by atoms with E-state index in [0.29, 0.717) is 28.7 Å². The van der Waals surface area contributed by atoms with Crippen LogP contribution in [0.5, 0.6) is 5.75 Å². The van der Waals surface area contributed by atoms with Gasteiger partial charge in [-0.2, -0.15) is 4.98 Å². The second kappa shape index (κ2) is 8.09. The van der Waals surface area contributed by atoms with Crippen molar-refractivity contribution in [1.82, 2.24) is 10.1 Å². The Labute approximate surface area is 161 Å². The maximum Gasteiger partial charge on any atom is 0.255 e. The number of benzene rings is 2. The van der Waals surface area contributed by atoms with Crippen LogP contribution < -0.4 is 14.8 Å². The van der Waals surface area contributed by atoms with Crippen molar-refractivity contribution < 1.29 is 22.5 Å². The van der Waals surface area contributed by atoms with Crippen LogP contribution in [0.3, 0.4) is 0 Å². The van der Waals surface area contributed by atoms with Gasteiger partial charge in [0.2, 0.25) is 21.7 Å². The maximum atomic E-state index is 12.5. The fourth-order valence-corrected chi connectivity index (χ4v) is 2.90. The molecule has 0 radical (unpaired) electrons. The minimum absolute atomic E-state index is 0.146. The van der Waals surface area contributed by atoms with Gasteiger partial charge >= 0.3 is 0 Å². The van der Waals surface area contributed by atoms with Crippen LogP contribution >= 0.6 is 0 Å². The van der Waals surface area contributed by atoms with E-state index >= 15 is 0 Å². The summed E-state index contributed by atoms with van der Waals surface area (Å²) in [5, 5.41) is 6.42. The van der Waals surface area contributed by atoms with Crippen molar-refractivity contribution >= 4 is 27.3 Å². The molecule has 3 aromatic rings. The molecule has 0 atom stereocenters. The molecule has 2 N–H and O–H groups in total. The molecule has 28 heavy (non-hydrogen) atoms. The number of hydrogen-bond donors (Lipinski definition) is 2. The molecule has 9 nitrogen and oxygen atoms in total. The van der Waals surface area contributed by atoms with Crippen molar-refractivity contribution in [3.63, 3.8) is 0 Å². The van der Waals surface area contributed by atoms with Crippen LogP contribution in [0.4, 0.5) is 11.4 Å². The SMILES string of the molecule is Cc1nc(COc2ccc(C(=O)Nc3ccccc3NS(C)(=O)=O)cc2)no1. The summed E-state index contributed by atoms with van der Waals surface area (Å²) < 4.78 is 35.7. The van der Waals surface area contributed by atoms with Gasteiger partial charge in [0.25, 0.3) is 5.91 Å². The number of aryl methyl sites for hydroxylation is 1. The molecule has 0 spiro atoms. The molecule has 146 valence electrons. The Kier molecular flexibility index (Phi) is 5.59. The Morgan fingerprint density at radius 3 is 2.39 bits per heavy atom. The summed E-state index contributed by atoms with van der Waals surface area (Å²) in [7, 11) is -3.47. The minimum Gasteiger partial charge on any atom is -0.485 e. The number of para-hydroxylation sites is 2. The lowest BCUT2D eigenvalue weighted by molar-refractivity contribution is 0.102. The van der Waals surface area contributed by atoms with Gasteiger partial charge in [0.1, 0.15) is 5.75 Å². The Hall–Kier alpha value is -3.40. The topological polar surface area (TPSA) is 123 Å². The first-order valence-corrected chi connectivity index (χ1v) is 10.1. The van der Waals surface area contributed by atoms with Crippen molar-refractivity contribution in [3.8, 4) is 5.75 Å². The molecule has 3 rings (SSSR count). The minimum atomic E-state index is -3.47.